The molecule has 0 fully saturated rings. The van der Waals surface area contributed by atoms with Crippen molar-refractivity contribution in [1.82, 2.24) is 5.43 Å². The van der Waals surface area contributed by atoms with Gasteiger partial charge in [-0.05, 0) is 29.7 Å². The Morgan fingerprint density at radius 2 is 2.00 bits per heavy atom. The third-order valence-corrected chi connectivity index (χ3v) is 3.88. The Bertz CT molecular complexity index is 556. The largest absolute Gasteiger partial charge is 0.388 e. The highest BCUT2D eigenvalue weighted by molar-refractivity contribution is 9.10. The molecule has 6 heteroatoms. The van der Waals surface area contributed by atoms with Crippen LogP contribution < -0.4 is 16.6 Å². The molecule has 2 aromatic rings. The second-order valence-electron chi connectivity index (χ2n) is 3.58. The van der Waals surface area contributed by atoms with Crippen molar-refractivity contribution in [2.75, 3.05) is 12.4 Å². The molecule has 20 heavy (non-hydrogen) atoms. The highest BCUT2D eigenvalue weighted by atomic mass is 79.9. The first kappa shape index (κ1) is 16.4. The van der Waals surface area contributed by atoms with Gasteiger partial charge in [-0.25, -0.2) is 5.84 Å². The fraction of sp³-hybridized carbons (Fsp3) is 0.0714. The zero-order valence-electron chi connectivity index (χ0n) is 11.0. The van der Waals surface area contributed by atoms with Gasteiger partial charge in [0.2, 0.25) is 6.41 Å². The molecule has 1 aromatic heterocycles. The van der Waals surface area contributed by atoms with E-state index < -0.39 is 0 Å². The van der Waals surface area contributed by atoms with E-state index in [2.05, 4.69) is 68.9 Å². The van der Waals surface area contributed by atoms with Crippen LogP contribution in [0.25, 0.3) is 12.2 Å². The summed E-state index contributed by atoms with van der Waals surface area (Å²) >= 11 is 5.30. The molecule has 4 nitrogen and oxygen atoms in total. The first-order valence-electron chi connectivity index (χ1n) is 5.80. The number of carbonyl (C=O) groups excluding carboxylic acids is 1. The van der Waals surface area contributed by atoms with Crippen molar-refractivity contribution in [3.05, 3.63) is 50.6 Å². The molecule has 0 aliphatic carbocycles. The van der Waals surface area contributed by atoms with Gasteiger partial charge in [-0.2, -0.15) is 0 Å². The van der Waals surface area contributed by atoms with E-state index in [1.807, 2.05) is 13.1 Å². The standard InChI is InChI=1S/C13H12BrNS.CH4N2O/c1-15-13-6-2-5-12(14)11(13)8-7-10-4-3-9-16-10;2-3-1-4/h2-9,15H,1H3;1H,2H2,(H,3,4)/b8-7+;. The third kappa shape index (κ3) is 5.16. The van der Waals surface area contributed by atoms with Crippen LogP contribution in [0.2, 0.25) is 0 Å². The summed E-state index contributed by atoms with van der Waals surface area (Å²) in [5, 5.41) is 5.27. The van der Waals surface area contributed by atoms with Crippen LogP contribution in [0.1, 0.15) is 10.4 Å². The van der Waals surface area contributed by atoms with Gasteiger partial charge in [-0.15, -0.1) is 11.3 Å². The average Bonchev–Trinajstić information content (AvgIpc) is 2.99. The number of benzene rings is 1. The van der Waals surface area contributed by atoms with Crippen molar-refractivity contribution in [3.63, 3.8) is 0 Å². The van der Waals surface area contributed by atoms with Crippen LogP contribution in [-0.2, 0) is 4.79 Å². The summed E-state index contributed by atoms with van der Waals surface area (Å²) in [5.41, 5.74) is 4.06. The first-order valence-corrected chi connectivity index (χ1v) is 7.47. The van der Waals surface area contributed by atoms with Crippen molar-refractivity contribution in [3.8, 4) is 0 Å². The highest BCUT2D eigenvalue weighted by Gasteiger charge is 2.01. The normalized spacial score (nSPS) is 9.75. The fourth-order valence-electron chi connectivity index (χ4n) is 1.48. The van der Waals surface area contributed by atoms with Gasteiger partial charge in [0.05, 0.1) is 0 Å². The van der Waals surface area contributed by atoms with Crippen LogP contribution in [0.4, 0.5) is 5.69 Å². The SMILES string of the molecule is CNc1cccc(Br)c1/C=C/c1cccs1.NNC=O. The van der Waals surface area contributed by atoms with Crippen molar-refractivity contribution in [1.29, 1.82) is 0 Å². The Morgan fingerprint density at radius 3 is 2.55 bits per heavy atom. The Balaban J connectivity index is 0.000000444. The third-order valence-electron chi connectivity index (χ3n) is 2.35. The topological polar surface area (TPSA) is 67.2 Å². The van der Waals surface area contributed by atoms with E-state index in [4.69, 9.17) is 4.79 Å². The van der Waals surface area contributed by atoms with Crippen LogP contribution in [0, 0.1) is 0 Å². The second kappa shape index (κ2) is 9.30. The lowest BCUT2D eigenvalue weighted by atomic mass is 10.1. The van der Waals surface area contributed by atoms with Crippen molar-refractivity contribution < 1.29 is 4.79 Å². The smallest absolute Gasteiger partial charge is 0.221 e. The lowest BCUT2D eigenvalue weighted by molar-refractivity contribution is -0.109. The summed E-state index contributed by atoms with van der Waals surface area (Å²) in [6, 6.07) is 10.3. The lowest BCUT2D eigenvalue weighted by Gasteiger charge is -2.06. The zero-order chi connectivity index (χ0) is 14.8. The van der Waals surface area contributed by atoms with Crippen molar-refractivity contribution >= 4 is 51.5 Å². The maximum atomic E-state index is 8.94. The monoisotopic (exact) mass is 353 g/mol. The van der Waals surface area contributed by atoms with Gasteiger partial charge in [-0.1, -0.05) is 34.1 Å². The molecule has 1 aromatic carbocycles. The Morgan fingerprint density at radius 1 is 1.25 bits per heavy atom. The van der Waals surface area contributed by atoms with Gasteiger partial charge >= 0.3 is 0 Å². The fourth-order valence-corrected chi connectivity index (χ4v) is 2.59. The Labute approximate surface area is 130 Å². The summed E-state index contributed by atoms with van der Waals surface area (Å²) in [7, 11) is 1.93. The molecule has 2 rings (SSSR count). The van der Waals surface area contributed by atoms with Gasteiger partial charge in [0, 0.05) is 27.6 Å². The van der Waals surface area contributed by atoms with Crippen LogP contribution in [0.5, 0.6) is 0 Å². The molecule has 0 radical (unpaired) electrons. The Kier molecular flexibility index (Phi) is 7.64. The van der Waals surface area contributed by atoms with Gasteiger partial charge in [0.25, 0.3) is 0 Å². The zero-order valence-corrected chi connectivity index (χ0v) is 13.4. The number of hydrogen-bond acceptors (Lipinski definition) is 4. The number of nitrogens with two attached hydrogens (primary N) is 1. The molecule has 0 bridgehead atoms. The summed E-state index contributed by atoms with van der Waals surface area (Å²) in [6.45, 7) is 0. The number of hydrazine groups is 1. The van der Waals surface area contributed by atoms with E-state index in [0.29, 0.717) is 6.41 Å². The summed E-state index contributed by atoms with van der Waals surface area (Å²) in [6.07, 6.45) is 4.66. The minimum atomic E-state index is 0.403. The molecule has 0 aliphatic rings. The predicted octanol–water partition coefficient (Wildman–Crippen LogP) is 3.33. The maximum Gasteiger partial charge on any atom is 0.221 e. The molecule has 0 spiro atoms. The molecule has 1 heterocycles. The van der Waals surface area contributed by atoms with Gasteiger partial charge in [-0.3, -0.25) is 10.2 Å². The molecule has 4 N–H and O–H groups in total. The number of anilines is 1. The molecular weight excluding hydrogens is 338 g/mol. The number of thiophene rings is 1. The molecule has 1 amide bonds. The molecule has 0 saturated heterocycles. The van der Waals surface area contributed by atoms with Crippen LogP contribution >= 0.6 is 27.3 Å². The van der Waals surface area contributed by atoms with Crippen LogP contribution in [-0.4, -0.2) is 13.5 Å². The maximum absolute atomic E-state index is 8.94. The van der Waals surface area contributed by atoms with Crippen molar-refractivity contribution in [2.45, 2.75) is 0 Å². The summed E-state index contributed by atoms with van der Waals surface area (Å²) in [5.74, 6) is 4.41. The van der Waals surface area contributed by atoms with E-state index in [1.54, 1.807) is 16.8 Å². The van der Waals surface area contributed by atoms with E-state index in [-0.39, 0.29) is 0 Å². The molecule has 0 saturated carbocycles. The van der Waals surface area contributed by atoms with Crippen LogP contribution in [0.15, 0.2) is 40.2 Å². The number of hydrogen-bond donors (Lipinski definition) is 3. The molecule has 0 atom stereocenters. The van der Waals surface area contributed by atoms with Gasteiger partial charge in [0.15, 0.2) is 0 Å². The first-order chi connectivity index (χ1) is 9.72. The summed E-state index contributed by atoms with van der Waals surface area (Å²) < 4.78 is 1.10. The lowest BCUT2D eigenvalue weighted by Crippen LogP contribution is -2.18. The molecule has 0 unspecified atom stereocenters. The van der Waals surface area contributed by atoms with E-state index in [0.717, 1.165) is 10.2 Å². The molecule has 106 valence electrons. The minimum absolute atomic E-state index is 0.403. The molecule has 0 aliphatic heterocycles. The average molecular weight is 354 g/mol. The predicted molar refractivity (Wildman–Crippen MR) is 90.3 cm³/mol. The van der Waals surface area contributed by atoms with Crippen LogP contribution in [0.3, 0.4) is 0 Å². The number of halogens is 1. The van der Waals surface area contributed by atoms with E-state index in [9.17, 15) is 0 Å². The van der Waals surface area contributed by atoms with Crippen molar-refractivity contribution in [2.24, 2.45) is 5.84 Å². The highest BCUT2D eigenvalue weighted by Crippen LogP contribution is 2.27. The molecular formula is C14H16BrN3OS. The van der Waals surface area contributed by atoms with Gasteiger partial charge < -0.3 is 5.32 Å². The number of amides is 1. The number of nitrogens with one attached hydrogen (secondary N) is 2. The quantitative estimate of drug-likeness (QED) is 0.341. The minimum Gasteiger partial charge on any atom is -0.388 e. The van der Waals surface area contributed by atoms with Gasteiger partial charge in [0.1, 0.15) is 0 Å². The number of carbonyl (C=O) groups is 1. The summed E-state index contributed by atoms with van der Waals surface area (Å²) in [4.78, 5) is 10.2. The Hall–Kier alpha value is -1.63. The second-order valence-corrected chi connectivity index (χ2v) is 5.42. The number of rotatable bonds is 4. The van der Waals surface area contributed by atoms with E-state index >= 15 is 0 Å². The van der Waals surface area contributed by atoms with E-state index in [1.165, 1.54) is 10.4 Å².